The number of aldehydes is 1. The van der Waals surface area contributed by atoms with Crippen LogP contribution in [0, 0.1) is 10.1 Å². The van der Waals surface area contributed by atoms with Gasteiger partial charge in [-0.25, -0.2) is 0 Å². The molecule has 0 radical (unpaired) electrons. The Morgan fingerprint density at radius 1 is 1.60 bits per heavy atom. The molecule has 1 aliphatic heterocycles. The van der Waals surface area contributed by atoms with E-state index in [1.807, 2.05) is 7.05 Å². The molecule has 1 aromatic carbocycles. The number of likely N-dealkylation sites (N-methyl/N-ethyl adjacent to an activating group) is 1. The third kappa shape index (κ3) is 3.52. The van der Waals surface area contributed by atoms with E-state index in [0.29, 0.717) is 25.1 Å². The van der Waals surface area contributed by atoms with E-state index in [-0.39, 0.29) is 17.4 Å². The van der Waals surface area contributed by atoms with Crippen LogP contribution in [-0.4, -0.2) is 55.5 Å². The maximum Gasteiger partial charge on any atom is 0.293 e. The van der Waals surface area contributed by atoms with E-state index in [9.17, 15) is 14.9 Å². The molecule has 1 fully saturated rings. The number of hydrogen-bond donors (Lipinski definition) is 1. The number of morpholine rings is 1. The molecule has 7 nitrogen and oxygen atoms in total. The fourth-order valence-corrected chi connectivity index (χ4v) is 2.14. The Hall–Kier alpha value is -1.99. The van der Waals surface area contributed by atoms with Gasteiger partial charge in [0.05, 0.1) is 17.6 Å². The highest BCUT2D eigenvalue weighted by molar-refractivity contribution is 5.79. The highest BCUT2D eigenvalue weighted by Crippen LogP contribution is 2.25. The number of nitro groups is 1. The highest BCUT2D eigenvalue weighted by atomic mass is 16.6. The van der Waals surface area contributed by atoms with Crippen LogP contribution in [0.25, 0.3) is 0 Å². The van der Waals surface area contributed by atoms with Crippen LogP contribution < -0.4 is 5.32 Å². The second-order valence-corrected chi connectivity index (χ2v) is 4.79. The predicted molar refractivity (Wildman–Crippen MR) is 74.2 cm³/mol. The van der Waals surface area contributed by atoms with E-state index in [4.69, 9.17) is 4.74 Å². The van der Waals surface area contributed by atoms with Gasteiger partial charge < -0.3 is 15.0 Å². The Morgan fingerprint density at radius 3 is 3.05 bits per heavy atom. The minimum Gasteiger partial charge on any atom is -0.377 e. The second kappa shape index (κ2) is 6.44. The lowest BCUT2D eigenvalue weighted by atomic mass is 10.2. The molecule has 0 bridgehead atoms. The van der Waals surface area contributed by atoms with E-state index >= 15 is 0 Å². The second-order valence-electron chi connectivity index (χ2n) is 4.79. The van der Waals surface area contributed by atoms with Crippen molar-refractivity contribution in [3.05, 3.63) is 33.9 Å². The smallest absolute Gasteiger partial charge is 0.293 e. The standard InChI is InChI=1S/C13H17N3O4/c1-15-4-5-20-11(8-15)7-14-12-3-2-10(9-17)6-13(12)16(18)19/h2-3,6,9,11,14H,4-5,7-8H2,1H3. The van der Waals surface area contributed by atoms with Crippen molar-refractivity contribution in [1.82, 2.24) is 4.90 Å². The Kier molecular flexibility index (Phi) is 4.65. The zero-order valence-corrected chi connectivity index (χ0v) is 11.2. The lowest BCUT2D eigenvalue weighted by Gasteiger charge is -2.30. The van der Waals surface area contributed by atoms with Gasteiger partial charge in [0.2, 0.25) is 0 Å². The van der Waals surface area contributed by atoms with Crippen LogP contribution in [0.4, 0.5) is 11.4 Å². The molecule has 1 heterocycles. The fraction of sp³-hybridized carbons (Fsp3) is 0.462. The molecule has 0 aromatic heterocycles. The van der Waals surface area contributed by atoms with Crippen LogP contribution in [0.2, 0.25) is 0 Å². The van der Waals surface area contributed by atoms with Gasteiger partial charge in [-0.15, -0.1) is 0 Å². The summed E-state index contributed by atoms with van der Waals surface area (Å²) in [5.74, 6) is 0. The zero-order chi connectivity index (χ0) is 14.5. The third-order valence-corrected chi connectivity index (χ3v) is 3.22. The molecule has 1 aromatic rings. The van der Waals surface area contributed by atoms with Crippen molar-refractivity contribution in [3.8, 4) is 0 Å². The number of nitrogens with zero attached hydrogens (tertiary/aromatic N) is 2. The average Bonchev–Trinajstić information content (AvgIpc) is 2.45. The van der Waals surface area contributed by atoms with E-state index in [0.717, 1.165) is 13.1 Å². The summed E-state index contributed by atoms with van der Waals surface area (Å²) in [6.45, 7) is 2.83. The molecule has 0 saturated carbocycles. The number of nitro benzene ring substituents is 1. The summed E-state index contributed by atoms with van der Waals surface area (Å²) in [5.41, 5.74) is 0.590. The van der Waals surface area contributed by atoms with Crippen LogP contribution in [0.1, 0.15) is 10.4 Å². The van der Waals surface area contributed by atoms with Crippen LogP contribution in [0.15, 0.2) is 18.2 Å². The van der Waals surface area contributed by atoms with Crippen molar-refractivity contribution in [2.24, 2.45) is 0 Å². The Bertz CT molecular complexity index is 506. The van der Waals surface area contributed by atoms with E-state index < -0.39 is 4.92 Å². The number of ether oxygens (including phenoxy) is 1. The summed E-state index contributed by atoms with van der Waals surface area (Å²) in [4.78, 5) is 23.3. The number of carbonyl (C=O) groups is 1. The molecule has 1 atom stereocenters. The maximum absolute atomic E-state index is 11.0. The van der Waals surface area contributed by atoms with Crippen molar-refractivity contribution in [3.63, 3.8) is 0 Å². The molecule has 20 heavy (non-hydrogen) atoms. The molecule has 108 valence electrons. The zero-order valence-electron chi connectivity index (χ0n) is 11.2. The van der Waals surface area contributed by atoms with E-state index in [1.54, 1.807) is 12.1 Å². The molecule has 1 N–H and O–H groups in total. The molecule has 0 amide bonds. The van der Waals surface area contributed by atoms with Crippen molar-refractivity contribution >= 4 is 17.7 Å². The molecule has 7 heteroatoms. The quantitative estimate of drug-likeness (QED) is 0.494. The first-order valence-corrected chi connectivity index (χ1v) is 6.38. The number of benzene rings is 1. The largest absolute Gasteiger partial charge is 0.377 e. The first kappa shape index (κ1) is 14.4. The van der Waals surface area contributed by atoms with Crippen LogP contribution in [0.3, 0.4) is 0 Å². The van der Waals surface area contributed by atoms with Crippen molar-refractivity contribution in [1.29, 1.82) is 0 Å². The number of carbonyl (C=O) groups excluding carboxylic acids is 1. The van der Waals surface area contributed by atoms with Gasteiger partial charge in [0.15, 0.2) is 0 Å². The van der Waals surface area contributed by atoms with Crippen LogP contribution in [0.5, 0.6) is 0 Å². The number of nitrogens with one attached hydrogen (secondary N) is 1. The molecular weight excluding hydrogens is 262 g/mol. The van der Waals surface area contributed by atoms with Gasteiger partial charge in [-0.2, -0.15) is 0 Å². The lowest BCUT2D eigenvalue weighted by Crippen LogP contribution is -2.43. The number of rotatable bonds is 5. The topological polar surface area (TPSA) is 84.7 Å². The van der Waals surface area contributed by atoms with Crippen molar-refractivity contribution in [2.75, 3.05) is 38.6 Å². The summed E-state index contributed by atoms with van der Waals surface area (Å²) in [6, 6.07) is 4.37. The predicted octanol–water partition coefficient (Wildman–Crippen LogP) is 1.15. The maximum atomic E-state index is 11.0. The van der Waals surface area contributed by atoms with Crippen molar-refractivity contribution in [2.45, 2.75) is 6.10 Å². The average molecular weight is 279 g/mol. The Balaban J connectivity index is 2.05. The van der Waals surface area contributed by atoms with Gasteiger partial charge in [-0.05, 0) is 19.2 Å². The van der Waals surface area contributed by atoms with Crippen molar-refractivity contribution < 1.29 is 14.5 Å². The van der Waals surface area contributed by atoms with Gasteiger partial charge in [0.1, 0.15) is 12.0 Å². The molecule has 1 aliphatic rings. The normalized spacial score (nSPS) is 19.6. The summed E-state index contributed by atoms with van der Waals surface area (Å²) in [5, 5.41) is 14.0. The van der Waals surface area contributed by atoms with Crippen LogP contribution >= 0.6 is 0 Å². The van der Waals surface area contributed by atoms with Gasteiger partial charge >= 0.3 is 0 Å². The summed E-state index contributed by atoms with van der Waals surface area (Å²) < 4.78 is 5.59. The minimum absolute atomic E-state index is 0.000832. The Morgan fingerprint density at radius 2 is 2.40 bits per heavy atom. The molecule has 2 rings (SSSR count). The first-order chi connectivity index (χ1) is 9.60. The van der Waals surface area contributed by atoms with Gasteiger partial charge in [0, 0.05) is 31.3 Å². The molecule has 1 saturated heterocycles. The summed E-state index contributed by atoms with van der Waals surface area (Å²) in [7, 11) is 2.01. The third-order valence-electron chi connectivity index (χ3n) is 3.22. The minimum atomic E-state index is -0.497. The number of hydrogen-bond acceptors (Lipinski definition) is 6. The molecule has 0 spiro atoms. The highest BCUT2D eigenvalue weighted by Gasteiger charge is 2.20. The molecular formula is C13H17N3O4. The van der Waals surface area contributed by atoms with E-state index in [2.05, 4.69) is 10.2 Å². The SMILES string of the molecule is CN1CCOC(CNc2ccc(C=O)cc2[N+](=O)[O-])C1. The summed E-state index contributed by atoms with van der Waals surface area (Å²) >= 11 is 0. The number of anilines is 1. The summed E-state index contributed by atoms with van der Waals surface area (Å²) in [6.07, 6.45) is 0.592. The lowest BCUT2D eigenvalue weighted by molar-refractivity contribution is -0.384. The van der Waals surface area contributed by atoms with Crippen LogP contribution in [-0.2, 0) is 4.74 Å². The first-order valence-electron chi connectivity index (χ1n) is 6.38. The van der Waals surface area contributed by atoms with Gasteiger partial charge in [-0.3, -0.25) is 14.9 Å². The van der Waals surface area contributed by atoms with Gasteiger partial charge in [0.25, 0.3) is 5.69 Å². The molecule has 1 unspecified atom stereocenters. The monoisotopic (exact) mass is 279 g/mol. The van der Waals surface area contributed by atoms with Gasteiger partial charge in [-0.1, -0.05) is 0 Å². The fourth-order valence-electron chi connectivity index (χ4n) is 2.14. The Labute approximate surface area is 116 Å². The molecule has 0 aliphatic carbocycles. The van der Waals surface area contributed by atoms with E-state index in [1.165, 1.54) is 6.07 Å².